The molecule has 102 valence electrons. The molecule has 0 bridgehead atoms. The van der Waals surface area contributed by atoms with E-state index in [0.717, 1.165) is 31.9 Å². The van der Waals surface area contributed by atoms with Crippen molar-refractivity contribution in [3.63, 3.8) is 0 Å². The number of carbonyl (C=O) groups is 1. The smallest absolute Gasteiger partial charge is 0.290 e. The Morgan fingerprint density at radius 3 is 2.79 bits per heavy atom. The average molecular weight is 301 g/mol. The van der Waals surface area contributed by atoms with Crippen LogP contribution in [0.3, 0.4) is 0 Å². The van der Waals surface area contributed by atoms with E-state index in [1.54, 1.807) is 6.08 Å². The van der Waals surface area contributed by atoms with Gasteiger partial charge in [0.05, 0.1) is 11.1 Å². The van der Waals surface area contributed by atoms with Crippen molar-refractivity contribution in [2.75, 3.05) is 26.2 Å². The van der Waals surface area contributed by atoms with Gasteiger partial charge in [-0.2, -0.15) is 0 Å². The third-order valence-electron chi connectivity index (χ3n) is 3.43. The van der Waals surface area contributed by atoms with Crippen LogP contribution in [-0.2, 0) is 4.79 Å². The number of aliphatic imine (C=N–C) groups is 1. The highest BCUT2D eigenvalue weighted by molar-refractivity contribution is 6.41. The van der Waals surface area contributed by atoms with E-state index in [0.29, 0.717) is 22.3 Å². The van der Waals surface area contributed by atoms with Gasteiger partial charge in [0, 0.05) is 43.3 Å². The number of hydrogen-bond donors (Lipinski definition) is 2. The highest BCUT2D eigenvalue weighted by Crippen LogP contribution is 2.31. The standard InChI is InChI=1S/C12H14Cl2N4O/c13-7-5-9-10(6-8(7)14)17-12(19)11(16-9)18-3-1-15-2-4-18/h6,9,15H,1-5H2,(H,17,19). The number of carbonyl (C=O) groups excluding carboxylic acids is 1. The fraction of sp³-hybridized carbons (Fsp3) is 0.500. The lowest BCUT2D eigenvalue weighted by molar-refractivity contribution is -0.115. The summed E-state index contributed by atoms with van der Waals surface area (Å²) in [6.45, 7) is 3.32. The lowest BCUT2D eigenvalue weighted by atomic mass is 10.0. The number of rotatable bonds is 0. The summed E-state index contributed by atoms with van der Waals surface area (Å²) in [4.78, 5) is 18.7. The minimum atomic E-state index is -0.160. The number of nitrogens with zero attached hydrogens (tertiary/aromatic N) is 2. The second-order valence-corrected chi connectivity index (χ2v) is 5.58. The van der Waals surface area contributed by atoms with Gasteiger partial charge in [-0.15, -0.1) is 0 Å². The van der Waals surface area contributed by atoms with Crippen molar-refractivity contribution in [1.29, 1.82) is 0 Å². The van der Waals surface area contributed by atoms with Crippen LogP contribution >= 0.6 is 23.2 Å². The number of nitrogens with one attached hydrogen (secondary N) is 2. The zero-order valence-corrected chi connectivity index (χ0v) is 11.8. The van der Waals surface area contributed by atoms with Crippen LogP contribution in [-0.4, -0.2) is 48.9 Å². The van der Waals surface area contributed by atoms with Crippen LogP contribution in [0.5, 0.6) is 0 Å². The number of allylic oxidation sites excluding steroid dienone is 2. The second kappa shape index (κ2) is 5.15. The SMILES string of the molecule is O=C1NC2=CC(Cl)=C(Cl)CC2N=C1N1CCNCC1. The third-order valence-corrected chi connectivity index (χ3v) is 4.22. The van der Waals surface area contributed by atoms with Gasteiger partial charge in [0.15, 0.2) is 5.84 Å². The molecular formula is C12H14Cl2N4O. The Kier molecular flexibility index (Phi) is 3.52. The molecule has 0 radical (unpaired) electrons. The molecule has 0 aromatic rings. The summed E-state index contributed by atoms with van der Waals surface area (Å²) in [5.74, 6) is 0.345. The Bertz CT molecular complexity index is 506. The Hall–Kier alpha value is -1.04. The van der Waals surface area contributed by atoms with E-state index >= 15 is 0 Å². The van der Waals surface area contributed by atoms with Crippen LogP contribution in [0.2, 0.25) is 0 Å². The molecule has 2 aliphatic heterocycles. The summed E-state index contributed by atoms with van der Waals surface area (Å²) in [6, 6.07) is -0.127. The highest BCUT2D eigenvalue weighted by atomic mass is 35.5. The van der Waals surface area contributed by atoms with Crippen LogP contribution in [0.15, 0.2) is 26.8 Å². The summed E-state index contributed by atoms with van der Waals surface area (Å²) in [5.41, 5.74) is 0.735. The normalized spacial score (nSPS) is 27.6. The molecule has 3 rings (SSSR count). The summed E-state index contributed by atoms with van der Waals surface area (Å²) in [7, 11) is 0. The molecule has 1 aliphatic carbocycles. The molecular weight excluding hydrogens is 287 g/mol. The Morgan fingerprint density at radius 2 is 2.05 bits per heavy atom. The molecule has 5 nitrogen and oxygen atoms in total. The Balaban J connectivity index is 1.86. The first-order valence-electron chi connectivity index (χ1n) is 6.25. The molecule has 0 saturated carbocycles. The lowest BCUT2D eigenvalue weighted by Crippen LogP contribution is -2.54. The second-order valence-electron chi connectivity index (χ2n) is 4.72. The zero-order chi connectivity index (χ0) is 13.4. The van der Waals surface area contributed by atoms with Gasteiger partial charge < -0.3 is 15.5 Å². The minimum Gasteiger partial charge on any atom is -0.350 e. The van der Waals surface area contributed by atoms with E-state index < -0.39 is 0 Å². The number of hydrogen-bond acceptors (Lipinski definition) is 4. The van der Waals surface area contributed by atoms with Gasteiger partial charge in [-0.3, -0.25) is 9.79 Å². The fourth-order valence-corrected chi connectivity index (χ4v) is 2.81. The summed E-state index contributed by atoms with van der Waals surface area (Å²) in [6.07, 6.45) is 2.23. The summed E-state index contributed by atoms with van der Waals surface area (Å²) < 4.78 is 0. The molecule has 1 atom stereocenters. The van der Waals surface area contributed by atoms with Crippen LogP contribution in [0.1, 0.15) is 6.42 Å². The molecule has 2 N–H and O–H groups in total. The van der Waals surface area contributed by atoms with Crippen molar-refractivity contribution in [2.24, 2.45) is 4.99 Å². The van der Waals surface area contributed by atoms with Crippen LogP contribution in [0, 0.1) is 0 Å². The number of fused-ring (bicyclic) bond motifs is 1. The molecule has 3 aliphatic rings. The van der Waals surface area contributed by atoms with Gasteiger partial charge in [-0.05, 0) is 6.08 Å². The van der Waals surface area contributed by atoms with E-state index in [4.69, 9.17) is 23.2 Å². The zero-order valence-electron chi connectivity index (χ0n) is 10.2. The molecule has 0 aromatic carbocycles. The first kappa shape index (κ1) is 13.0. The quantitative estimate of drug-likeness (QED) is 0.695. The van der Waals surface area contributed by atoms with Gasteiger partial charge in [0.25, 0.3) is 5.91 Å². The Labute approximate surface area is 121 Å². The summed E-state index contributed by atoms with van der Waals surface area (Å²) >= 11 is 12.0. The highest BCUT2D eigenvalue weighted by Gasteiger charge is 2.32. The van der Waals surface area contributed by atoms with Crippen LogP contribution in [0.25, 0.3) is 0 Å². The molecule has 0 aromatic heterocycles. The lowest BCUT2D eigenvalue weighted by Gasteiger charge is -2.34. The number of piperazine rings is 1. The molecule has 19 heavy (non-hydrogen) atoms. The maximum absolute atomic E-state index is 12.1. The fourth-order valence-electron chi connectivity index (χ4n) is 2.42. The van der Waals surface area contributed by atoms with E-state index in [2.05, 4.69) is 15.6 Å². The topological polar surface area (TPSA) is 56.7 Å². The molecule has 1 fully saturated rings. The van der Waals surface area contributed by atoms with Crippen molar-refractivity contribution in [1.82, 2.24) is 15.5 Å². The first-order valence-corrected chi connectivity index (χ1v) is 7.01. The monoisotopic (exact) mass is 300 g/mol. The van der Waals surface area contributed by atoms with Crippen molar-refractivity contribution >= 4 is 34.9 Å². The molecule has 1 unspecified atom stereocenters. The van der Waals surface area contributed by atoms with Crippen LogP contribution in [0.4, 0.5) is 0 Å². The van der Waals surface area contributed by atoms with Gasteiger partial charge in [0.1, 0.15) is 0 Å². The third kappa shape index (κ3) is 2.50. The summed E-state index contributed by atoms with van der Waals surface area (Å²) in [5, 5.41) is 7.19. The van der Waals surface area contributed by atoms with Crippen LogP contribution < -0.4 is 10.6 Å². The van der Waals surface area contributed by atoms with Gasteiger partial charge in [-0.25, -0.2) is 0 Å². The Morgan fingerprint density at radius 1 is 1.32 bits per heavy atom. The van der Waals surface area contributed by atoms with Crippen molar-refractivity contribution in [3.05, 3.63) is 21.8 Å². The van der Waals surface area contributed by atoms with E-state index in [9.17, 15) is 4.79 Å². The molecule has 0 spiro atoms. The molecule has 1 saturated heterocycles. The van der Waals surface area contributed by atoms with Crippen molar-refractivity contribution in [3.8, 4) is 0 Å². The van der Waals surface area contributed by atoms with E-state index in [-0.39, 0.29) is 11.9 Å². The average Bonchev–Trinajstić information content (AvgIpc) is 2.41. The predicted octanol–water partition coefficient (Wildman–Crippen LogP) is 0.765. The molecule has 1 amide bonds. The van der Waals surface area contributed by atoms with Gasteiger partial charge >= 0.3 is 0 Å². The molecule has 7 heteroatoms. The maximum Gasteiger partial charge on any atom is 0.290 e. The van der Waals surface area contributed by atoms with Crippen molar-refractivity contribution in [2.45, 2.75) is 12.5 Å². The minimum absolute atomic E-state index is 0.127. The first-order chi connectivity index (χ1) is 9.15. The number of amides is 1. The largest absolute Gasteiger partial charge is 0.350 e. The molecule has 2 heterocycles. The number of halogens is 2. The number of amidine groups is 1. The van der Waals surface area contributed by atoms with E-state index in [1.807, 2.05) is 4.90 Å². The van der Waals surface area contributed by atoms with Gasteiger partial charge in [-0.1, -0.05) is 23.2 Å². The van der Waals surface area contributed by atoms with Gasteiger partial charge in [0.2, 0.25) is 0 Å². The van der Waals surface area contributed by atoms with E-state index in [1.165, 1.54) is 0 Å². The predicted molar refractivity (Wildman–Crippen MR) is 75.2 cm³/mol. The maximum atomic E-state index is 12.1. The van der Waals surface area contributed by atoms with Crippen molar-refractivity contribution < 1.29 is 4.79 Å².